The molecule has 0 aliphatic carbocycles. The highest BCUT2D eigenvalue weighted by Crippen LogP contribution is 2.26. The zero-order chi connectivity index (χ0) is 22.3. The van der Waals surface area contributed by atoms with Crippen LogP contribution in [-0.4, -0.2) is 58.1 Å². The number of aryl methyl sites for hydroxylation is 2. The molecule has 170 valence electrons. The number of nitrogens with zero attached hydrogens (tertiary/aromatic N) is 5. The van der Waals surface area contributed by atoms with Gasteiger partial charge in [0.25, 0.3) is 0 Å². The maximum absolute atomic E-state index is 6.04. The molecule has 1 saturated heterocycles. The lowest BCUT2D eigenvalue weighted by atomic mass is 10.1. The quantitative estimate of drug-likeness (QED) is 0.509. The van der Waals surface area contributed by atoms with Crippen molar-refractivity contribution in [3.05, 3.63) is 65.5 Å². The first-order chi connectivity index (χ1) is 15.7. The number of aromatic nitrogens is 4. The average Bonchev–Trinajstić information content (AvgIpc) is 3.20. The highest BCUT2D eigenvalue weighted by atomic mass is 16.5. The first kappa shape index (κ1) is 22.2. The van der Waals surface area contributed by atoms with Crippen molar-refractivity contribution >= 4 is 0 Å². The van der Waals surface area contributed by atoms with Crippen molar-refractivity contribution in [3.63, 3.8) is 0 Å². The number of methoxy groups -OCH3 is 1. The minimum Gasteiger partial charge on any atom is -0.493 e. The van der Waals surface area contributed by atoms with Crippen molar-refractivity contribution in [2.75, 3.05) is 33.4 Å². The van der Waals surface area contributed by atoms with Crippen molar-refractivity contribution < 1.29 is 14.2 Å². The number of benzene rings is 1. The number of para-hydroxylation sites is 2. The third kappa shape index (κ3) is 5.44. The van der Waals surface area contributed by atoms with Crippen molar-refractivity contribution in [2.45, 2.75) is 32.4 Å². The number of hydrogen-bond donors (Lipinski definition) is 0. The lowest BCUT2D eigenvalue weighted by molar-refractivity contribution is -0.0352. The molecular formula is C24H31N5O3. The Morgan fingerprint density at radius 2 is 1.94 bits per heavy atom. The van der Waals surface area contributed by atoms with Gasteiger partial charge in [0.2, 0.25) is 0 Å². The van der Waals surface area contributed by atoms with Gasteiger partial charge in [-0.15, -0.1) is 0 Å². The Kier molecular flexibility index (Phi) is 7.34. The second kappa shape index (κ2) is 10.6. The molecule has 1 aliphatic heterocycles. The zero-order valence-electron chi connectivity index (χ0n) is 19.0. The molecule has 32 heavy (non-hydrogen) atoms. The average molecular weight is 438 g/mol. The van der Waals surface area contributed by atoms with E-state index in [0.717, 1.165) is 66.8 Å². The van der Waals surface area contributed by atoms with Crippen LogP contribution < -0.4 is 9.47 Å². The Morgan fingerprint density at radius 1 is 1.16 bits per heavy atom. The fourth-order valence-electron chi connectivity index (χ4n) is 3.85. The fourth-order valence-corrected chi connectivity index (χ4v) is 3.85. The molecule has 1 aliphatic rings. The minimum atomic E-state index is -0.0466. The van der Waals surface area contributed by atoms with E-state index in [4.69, 9.17) is 19.3 Å². The molecule has 0 radical (unpaired) electrons. The summed E-state index contributed by atoms with van der Waals surface area (Å²) in [5.74, 6) is 2.37. The Morgan fingerprint density at radius 3 is 2.69 bits per heavy atom. The second-order valence-electron chi connectivity index (χ2n) is 7.89. The molecule has 0 saturated carbocycles. The maximum Gasteiger partial charge on any atom is 0.161 e. The van der Waals surface area contributed by atoms with E-state index in [-0.39, 0.29) is 6.10 Å². The second-order valence-corrected chi connectivity index (χ2v) is 7.89. The summed E-state index contributed by atoms with van der Waals surface area (Å²) in [5.41, 5.74) is 3.19. The lowest BCUT2D eigenvalue weighted by Gasteiger charge is -2.32. The number of ether oxygens (including phenoxy) is 3. The summed E-state index contributed by atoms with van der Waals surface area (Å²) in [5, 5.41) is 4.72. The van der Waals surface area contributed by atoms with Gasteiger partial charge in [0, 0.05) is 63.2 Å². The Labute approximate surface area is 189 Å². The molecule has 1 aromatic carbocycles. The summed E-state index contributed by atoms with van der Waals surface area (Å²) in [6.45, 7) is 5.79. The van der Waals surface area contributed by atoms with E-state index in [1.54, 1.807) is 7.11 Å². The van der Waals surface area contributed by atoms with Crippen LogP contribution in [0.1, 0.15) is 35.8 Å². The summed E-state index contributed by atoms with van der Waals surface area (Å²) in [6.07, 6.45) is 5.41. The van der Waals surface area contributed by atoms with Crippen LogP contribution >= 0.6 is 0 Å². The van der Waals surface area contributed by atoms with Gasteiger partial charge in [-0.05, 0) is 18.2 Å². The van der Waals surface area contributed by atoms with Crippen molar-refractivity contribution in [1.29, 1.82) is 0 Å². The Balaban J connectivity index is 1.34. The molecule has 8 nitrogen and oxygen atoms in total. The van der Waals surface area contributed by atoms with Gasteiger partial charge < -0.3 is 14.2 Å². The van der Waals surface area contributed by atoms with Crippen LogP contribution in [0.25, 0.3) is 0 Å². The van der Waals surface area contributed by atoms with E-state index >= 15 is 0 Å². The minimum absolute atomic E-state index is 0.0466. The molecule has 1 atom stereocenters. The van der Waals surface area contributed by atoms with Crippen molar-refractivity contribution in [2.24, 2.45) is 7.05 Å². The van der Waals surface area contributed by atoms with E-state index in [9.17, 15) is 0 Å². The van der Waals surface area contributed by atoms with E-state index < -0.39 is 0 Å². The van der Waals surface area contributed by atoms with Crippen LogP contribution in [0.5, 0.6) is 11.5 Å². The summed E-state index contributed by atoms with van der Waals surface area (Å²) in [4.78, 5) is 11.2. The molecular weight excluding hydrogens is 406 g/mol. The largest absolute Gasteiger partial charge is 0.493 e. The molecule has 8 heteroatoms. The van der Waals surface area contributed by atoms with E-state index in [0.29, 0.717) is 13.2 Å². The van der Waals surface area contributed by atoms with Gasteiger partial charge in [0.05, 0.1) is 26.0 Å². The van der Waals surface area contributed by atoms with E-state index in [1.165, 1.54) is 0 Å². The predicted octanol–water partition coefficient (Wildman–Crippen LogP) is 2.98. The zero-order valence-corrected chi connectivity index (χ0v) is 19.0. The summed E-state index contributed by atoms with van der Waals surface area (Å²) < 4.78 is 19.2. The lowest BCUT2D eigenvalue weighted by Crippen LogP contribution is -2.38. The molecule has 3 aromatic rings. The van der Waals surface area contributed by atoms with Gasteiger partial charge in [-0.25, -0.2) is 9.97 Å². The molecule has 3 heterocycles. The monoisotopic (exact) mass is 437 g/mol. The topological polar surface area (TPSA) is 74.5 Å². The van der Waals surface area contributed by atoms with Crippen LogP contribution in [-0.2, 0) is 31.2 Å². The summed E-state index contributed by atoms with van der Waals surface area (Å²) in [6, 6.07) is 9.81. The van der Waals surface area contributed by atoms with E-state index in [2.05, 4.69) is 27.9 Å². The first-order valence-electron chi connectivity index (χ1n) is 11.1. The van der Waals surface area contributed by atoms with Crippen LogP contribution in [0, 0.1) is 0 Å². The number of morpholine rings is 1. The fraction of sp³-hybridized carbons (Fsp3) is 0.458. The molecule has 1 fully saturated rings. The van der Waals surface area contributed by atoms with Gasteiger partial charge in [-0.3, -0.25) is 9.58 Å². The Hall–Kier alpha value is -2.97. The molecule has 0 N–H and O–H groups in total. The van der Waals surface area contributed by atoms with Crippen LogP contribution in [0.4, 0.5) is 0 Å². The Bertz CT molecular complexity index is 1010. The van der Waals surface area contributed by atoms with E-state index in [1.807, 2.05) is 48.4 Å². The standard InChI is InChI=1S/C24H31N5O3/c1-4-24-25-14-18(15-26-24)16-29-10-12-32-23(17-29)20-13-19(28(2)27-20)9-11-31-22-8-6-5-7-21(22)30-3/h5-8,13-15,23H,4,9-12,16-17H2,1-3H3/t23-/m1/s1. The van der Waals surface area contributed by atoms with Crippen LogP contribution in [0.3, 0.4) is 0 Å². The highest BCUT2D eigenvalue weighted by molar-refractivity contribution is 5.39. The third-order valence-corrected chi connectivity index (χ3v) is 5.64. The molecule has 0 amide bonds. The molecule has 2 aromatic heterocycles. The van der Waals surface area contributed by atoms with Crippen molar-refractivity contribution in [3.8, 4) is 11.5 Å². The number of rotatable bonds is 9. The highest BCUT2D eigenvalue weighted by Gasteiger charge is 2.25. The smallest absolute Gasteiger partial charge is 0.161 e. The van der Waals surface area contributed by atoms with Crippen molar-refractivity contribution in [1.82, 2.24) is 24.6 Å². The number of hydrogen-bond acceptors (Lipinski definition) is 7. The maximum atomic E-state index is 6.04. The summed E-state index contributed by atoms with van der Waals surface area (Å²) >= 11 is 0. The SMILES string of the molecule is CCc1ncc(CN2CCO[C@@H](c3cc(CCOc4ccccc4OC)n(C)n3)C2)cn1. The van der Waals surface area contributed by atoms with Gasteiger partial charge in [-0.2, -0.15) is 5.10 Å². The van der Waals surface area contributed by atoms with Crippen LogP contribution in [0.2, 0.25) is 0 Å². The molecule has 4 rings (SSSR count). The molecule has 0 unspecified atom stereocenters. The van der Waals surface area contributed by atoms with Gasteiger partial charge in [-0.1, -0.05) is 19.1 Å². The summed E-state index contributed by atoms with van der Waals surface area (Å²) in [7, 11) is 3.62. The van der Waals surface area contributed by atoms with Crippen LogP contribution in [0.15, 0.2) is 42.7 Å². The van der Waals surface area contributed by atoms with Gasteiger partial charge >= 0.3 is 0 Å². The first-order valence-corrected chi connectivity index (χ1v) is 11.1. The molecule has 0 bridgehead atoms. The van der Waals surface area contributed by atoms with Gasteiger partial charge in [0.15, 0.2) is 11.5 Å². The van der Waals surface area contributed by atoms with Gasteiger partial charge in [0.1, 0.15) is 11.9 Å². The normalized spacial score (nSPS) is 16.8. The molecule has 0 spiro atoms. The third-order valence-electron chi connectivity index (χ3n) is 5.64. The predicted molar refractivity (Wildman–Crippen MR) is 121 cm³/mol.